The van der Waals surface area contributed by atoms with E-state index in [1.165, 1.54) is 5.56 Å². The number of allylic oxidation sites excluding steroid dienone is 2. The molecule has 5 heterocycles. The third-order valence-electron chi connectivity index (χ3n) is 7.84. The topological polar surface area (TPSA) is 86.6 Å². The van der Waals surface area contributed by atoms with Gasteiger partial charge in [0.05, 0.1) is 23.1 Å². The van der Waals surface area contributed by atoms with Gasteiger partial charge in [0.1, 0.15) is 12.0 Å². The van der Waals surface area contributed by atoms with E-state index in [4.69, 9.17) is 9.98 Å². The SMILES string of the molecule is Cc1cccc(C2=CC=C(C3N=C(c4ccc(-c5ccccc5)cc4)N=C(C4=CNC(c5cccc(C)n5)C=C4)N3)CN2)n1. The van der Waals surface area contributed by atoms with Crippen molar-refractivity contribution in [2.75, 3.05) is 6.54 Å². The maximum absolute atomic E-state index is 5.09. The van der Waals surface area contributed by atoms with E-state index in [2.05, 4.69) is 98.8 Å². The van der Waals surface area contributed by atoms with E-state index >= 15 is 0 Å². The molecular weight excluding hydrogens is 542 g/mol. The van der Waals surface area contributed by atoms with E-state index in [0.717, 1.165) is 56.6 Å². The number of nitrogens with zero attached hydrogens (tertiary/aromatic N) is 4. The molecule has 0 saturated carbocycles. The van der Waals surface area contributed by atoms with Gasteiger partial charge in [-0.15, -0.1) is 0 Å². The summed E-state index contributed by atoms with van der Waals surface area (Å²) in [6.45, 7) is 4.66. The molecule has 2 aromatic carbocycles. The van der Waals surface area contributed by atoms with E-state index < -0.39 is 0 Å². The summed E-state index contributed by atoms with van der Waals surface area (Å²) in [5, 5.41) is 10.6. The smallest absolute Gasteiger partial charge is 0.159 e. The Morgan fingerprint density at radius 3 is 2.18 bits per heavy atom. The van der Waals surface area contributed by atoms with Crippen molar-refractivity contribution in [2.45, 2.75) is 26.1 Å². The molecule has 0 aliphatic carbocycles. The zero-order chi connectivity index (χ0) is 29.9. The van der Waals surface area contributed by atoms with Crippen LogP contribution in [0.25, 0.3) is 16.8 Å². The van der Waals surface area contributed by atoms with Crippen LogP contribution in [0.2, 0.25) is 0 Å². The molecule has 7 nitrogen and oxygen atoms in total. The molecule has 0 bridgehead atoms. The standard InChI is InChI=1S/C37H33N7/c1-24-8-6-12-33(40-24)31-20-18-29(22-38-31)36-42-35(28-16-14-27(15-17-28)26-10-4-3-5-11-26)43-37(44-36)30-19-21-32(39-23-30)34-13-7-9-25(2)41-34/h3-22,31,37-39H,23H2,1-2H3,(H,42,43,44). The molecule has 0 spiro atoms. The lowest BCUT2D eigenvalue weighted by atomic mass is 10.0. The first-order valence-electron chi connectivity index (χ1n) is 14.8. The summed E-state index contributed by atoms with van der Waals surface area (Å²) in [6, 6.07) is 31.0. The van der Waals surface area contributed by atoms with Crippen molar-refractivity contribution in [3.63, 3.8) is 0 Å². The van der Waals surface area contributed by atoms with Crippen LogP contribution >= 0.6 is 0 Å². The first-order valence-corrected chi connectivity index (χ1v) is 14.8. The third kappa shape index (κ3) is 5.85. The van der Waals surface area contributed by atoms with Crippen LogP contribution in [0.5, 0.6) is 0 Å². The van der Waals surface area contributed by atoms with Crippen LogP contribution in [0.3, 0.4) is 0 Å². The second kappa shape index (κ2) is 12.0. The van der Waals surface area contributed by atoms with Gasteiger partial charge in [-0.1, -0.05) is 85.0 Å². The van der Waals surface area contributed by atoms with Gasteiger partial charge in [-0.2, -0.15) is 0 Å². The number of aliphatic imine (C=N–C) groups is 2. The minimum Gasteiger partial charge on any atom is -0.379 e. The van der Waals surface area contributed by atoms with Crippen LogP contribution in [-0.2, 0) is 0 Å². The van der Waals surface area contributed by atoms with Gasteiger partial charge in [0.15, 0.2) is 5.84 Å². The highest BCUT2D eigenvalue weighted by atomic mass is 15.2. The summed E-state index contributed by atoms with van der Waals surface area (Å²) in [4.78, 5) is 19.5. The van der Waals surface area contributed by atoms with Crippen molar-refractivity contribution in [2.24, 2.45) is 9.98 Å². The summed E-state index contributed by atoms with van der Waals surface area (Å²) >= 11 is 0. The van der Waals surface area contributed by atoms with Gasteiger partial charge in [0.2, 0.25) is 0 Å². The summed E-state index contributed by atoms with van der Waals surface area (Å²) in [7, 11) is 0. The number of hydrogen-bond acceptors (Lipinski definition) is 7. The van der Waals surface area contributed by atoms with Gasteiger partial charge in [0, 0.05) is 35.3 Å². The van der Waals surface area contributed by atoms with Crippen molar-refractivity contribution in [3.05, 3.63) is 161 Å². The molecular formula is C37H33N7. The molecule has 3 aliphatic rings. The number of benzene rings is 2. The molecule has 0 amide bonds. The number of rotatable bonds is 6. The van der Waals surface area contributed by atoms with Gasteiger partial charge in [-0.3, -0.25) is 9.97 Å². The van der Waals surface area contributed by atoms with Crippen molar-refractivity contribution >= 4 is 17.4 Å². The molecule has 7 rings (SSSR count). The predicted octanol–water partition coefficient (Wildman–Crippen LogP) is 6.19. The van der Waals surface area contributed by atoms with E-state index in [1.54, 1.807) is 0 Å². The highest BCUT2D eigenvalue weighted by molar-refractivity contribution is 6.14. The number of aryl methyl sites for hydroxylation is 2. The molecule has 0 saturated heterocycles. The Balaban J connectivity index is 1.19. The number of nitrogens with one attached hydrogen (secondary N) is 3. The predicted molar refractivity (Wildman–Crippen MR) is 178 cm³/mol. The summed E-state index contributed by atoms with van der Waals surface area (Å²) in [5.74, 6) is 1.46. The monoisotopic (exact) mass is 575 g/mol. The zero-order valence-corrected chi connectivity index (χ0v) is 24.7. The number of pyridine rings is 2. The van der Waals surface area contributed by atoms with Gasteiger partial charge in [-0.05, 0) is 60.9 Å². The molecule has 2 aromatic heterocycles. The fourth-order valence-electron chi connectivity index (χ4n) is 5.47. The molecule has 0 fully saturated rings. The maximum Gasteiger partial charge on any atom is 0.159 e. The minimum atomic E-state index is -0.285. The lowest BCUT2D eigenvalue weighted by Gasteiger charge is -2.28. The van der Waals surface area contributed by atoms with Gasteiger partial charge < -0.3 is 16.0 Å². The summed E-state index contributed by atoms with van der Waals surface area (Å²) in [5.41, 5.74) is 10.3. The van der Waals surface area contributed by atoms with Crippen LogP contribution < -0.4 is 16.0 Å². The number of amidine groups is 2. The molecule has 3 aliphatic heterocycles. The Bertz CT molecular complexity index is 1880. The summed E-state index contributed by atoms with van der Waals surface area (Å²) < 4.78 is 0. The van der Waals surface area contributed by atoms with E-state index in [9.17, 15) is 0 Å². The van der Waals surface area contributed by atoms with Crippen LogP contribution in [0.4, 0.5) is 0 Å². The Morgan fingerprint density at radius 1 is 0.727 bits per heavy atom. The minimum absolute atomic E-state index is 0.00125. The van der Waals surface area contributed by atoms with Gasteiger partial charge in [-0.25, -0.2) is 9.98 Å². The Kier molecular flexibility index (Phi) is 7.42. The van der Waals surface area contributed by atoms with Gasteiger partial charge >= 0.3 is 0 Å². The third-order valence-corrected chi connectivity index (χ3v) is 7.84. The van der Waals surface area contributed by atoms with Crippen LogP contribution in [0, 0.1) is 13.8 Å². The van der Waals surface area contributed by atoms with Crippen LogP contribution in [0.1, 0.15) is 34.4 Å². The number of aromatic nitrogens is 2. The average molecular weight is 576 g/mol. The molecule has 0 radical (unpaired) electrons. The van der Waals surface area contributed by atoms with Gasteiger partial charge in [0.25, 0.3) is 0 Å². The molecule has 7 heteroatoms. The maximum atomic E-state index is 5.09. The highest BCUT2D eigenvalue weighted by Crippen LogP contribution is 2.24. The second-order valence-electron chi connectivity index (χ2n) is 11.1. The van der Waals surface area contributed by atoms with E-state index in [-0.39, 0.29) is 12.2 Å². The first-order chi connectivity index (χ1) is 21.6. The first kappa shape index (κ1) is 27.3. The van der Waals surface area contributed by atoms with E-state index in [1.807, 2.05) is 62.5 Å². The Hall–Kier alpha value is -5.56. The normalized spacial score (nSPS) is 19.3. The highest BCUT2D eigenvalue weighted by Gasteiger charge is 2.25. The van der Waals surface area contributed by atoms with Crippen molar-refractivity contribution in [1.82, 2.24) is 25.9 Å². The van der Waals surface area contributed by atoms with Crippen molar-refractivity contribution in [1.29, 1.82) is 0 Å². The van der Waals surface area contributed by atoms with Crippen LogP contribution in [0.15, 0.2) is 143 Å². The van der Waals surface area contributed by atoms with E-state index in [0.29, 0.717) is 12.4 Å². The molecule has 44 heavy (non-hydrogen) atoms. The Morgan fingerprint density at radius 2 is 1.48 bits per heavy atom. The fraction of sp³-hybridized carbons (Fsp3) is 0.135. The molecule has 4 aromatic rings. The molecule has 2 unspecified atom stereocenters. The molecule has 3 N–H and O–H groups in total. The second-order valence-corrected chi connectivity index (χ2v) is 11.1. The number of dihydropyridines is 2. The lowest BCUT2D eigenvalue weighted by molar-refractivity contribution is 0.679. The average Bonchev–Trinajstić information content (AvgIpc) is 3.09. The van der Waals surface area contributed by atoms with Crippen molar-refractivity contribution in [3.8, 4) is 11.1 Å². The fourth-order valence-corrected chi connectivity index (χ4v) is 5.47. The Labute approximate surface area is 257 Å². The largest absolute Gasteiger partial charge is 0.379 e. The molecule has 216 valence electrons. The van der Waals surface area contributed by atoms with Crippen molar-refractivity contribution < 1.29 is 0 Å². The molecule has 2 atom stereocenters. The summed E-state index contributed by atoms with van der Waals surface area (Å²) in [6.07, 6.45) is 10.2. The zero-order valence-electron chi connectivity index (χ0n) is 24.7. The number of hydrogen-bond donors (Lipinski definition) is 3. The lowest BCUT2D eigenvalue weighted by Crippen LogP contribution is -2.43. The quantitative estimate of drug-likeness (QED) is 0.255. The van der Waals surface area contributed by atoms with Crippen LogP contribution in [-0.4, -0.2) is 34.3 Å².